The van der Waals surface area contributed by atoms with E-state index in [4.69, 9.17) is 0 Å². The van der Waals surface area contributed by atoms with Crippen LogP contribution in [0, 0.1) is 0 Å². The minimum Gasteiger partial charge on any atom is -0.543 e. The zero-order chi connectivity index (χ0) is 12.0. The summed E-state index contributed by atoms with van der Waals surface area (Å²) in [7, 11) is 0. The molecule has 0 radical (unpaired) electrons. The molecule has 86 valence electrons. The molecule has 1 aromatic rings. The third-order valence-corrected chi connectivity index (χ3v) is 1.92. The number of carbonyl (C=O) groups excluding carboxylic acids is 2. The van der Waals surface area contributed by atoms with E-state index in [1.807, 2.05) is 6.92 Å². The molecule has 1 amide bonds. The lowest BCUT2D eigenvalue weighted by Gasteiger charge is -2.07. The van der Waals surface area contributed by atoms with Crippen LogP contribution < -0.4 is 10.4 Å². The number of carboxylic acids is 1. The van der Waals surface area contributed by atoms with Gasteiger partial charge in [-0.3, -0.25) is 9.78 Å². The van der Waals surface area contributed by atoms with E-state index in [0.29, 0.717) is 6.54 Å². The molecule has 0 aromatic carbocycles. The maximum Gasteiger partial charge on any atom is 0.272 e. The Kier molecular flexibility index (Phi) is 4.38. The highest BCUT2D eigenvalue weighted by molar-refractivity contribution is 6.01. The van der Waals surface area contributed by atoms with Gasteiger partial charge in [0.1, 0.15) is 5.69 Å². The first-order valence-corrected chi connectivity index (χ1v) is 4.97. The first-order valence-electron chi connectivity index (χ1n) is 4.97. The monoisotopic (exact) mass is 222 g/mol. The summed E-state index contributed by atoms with van der Waals surface area (Å²) >= 11 is 0. The number of aromatic nitrogens is 2. The molecule has 0 bridgehead atoms. The van der Waals surface area contributed by atoms with Crippen LogP contribution >= 0.6 is 0 Å². The lowest BCUT2D eigenvalue weighted by atomic mass is 10.2. The van der Waals surface area contributed by atoms with Crippen molar-refractivity contribution >= 4 is 11.9 Å². The summed E-state index contributed by atoms with van der Waals surface area (Å²) in [5, 5.41) is 13.2. The van der Waals surface area contributed by atoms with Crippen molar-refractivity contribution in [3.63, 3.8) is 0 Å². The van der Waals surface area contributed by atoms with E-state index in [1.54, 1.807) is 0 Å². The van der Waals surface area contributed by atoms with Crippen LogP contribution in [-0.4, -0.2) is 28.4 Å². The average molecular weight is 222 g/mol. The number of amides is 1. The van der Waals surface area contributed by atoms with E-state index >= 15 is 0 Å². The Hall–Kier alpha value is -1.98. The number of hydrogen-bond acceptors (Lipinski definition) is 5. The summed E-state index contributed by atoms with van der Waals surface area (Å²) in [6, 6.07) is 0. The van der Waals surface area contributed by atoms with Gasteiger partial charge in [0.15, 0.2) is 5.69 Å². The Balaban J connectivity index is 2.78. The third-order valence-electron chi connectivity index (χ3n) is 1.92. The molecule has 0 atom stereocenters. The maximum absolute atomic E-state index is 11.5. The molecule has 16 heavy (non-hydrogen) atoms. The highest BCUT2D eigenvalue weighted by Gasteiger charge is 2.13. The van der Waals surface area contributed by atoms with Gasteiger partial charge in [0.2, 0.25) is 0 Å². The van der Waals surface area contributed by atoms with Crippen LogP contribution in [0.4, 0.5) is 0 Å². The quantitative estimate of drug-likeness (QED) is 0.669. The Bertz CT molecular complexity index is 393. The van der Waals surface area contributed by atoms with E-state index in [-0.39, 0.29) is 5.69 Å². The lowest BCUT2D eigenvalue weighted by molar-refractivity contribution is -0.255. The molecule has 0 aliphatic heterocycles. The smallest absolute Gasteiger partial charge is 0.272 e. The zero-order valence-corrected chi connectivity index (χ0v) is 8.90. The number of rotatable bonds is 5. The molecule has 0 saturated carbocycles. The van der Waals surface area contributed by atoms with E-state index < -0.39 is 17.6 Å². The van der Waals surface area contributed by atoms with Gasteiger partial charge in [0.05, 0.1) is 5.97 Å². The van der Waals surface area contributed by atoms with Crippen molar-refractivity contribution in [3.8, 4) is 0 Å². The van der Waals surface area contributed by atoms with Crippen LogP contribution in [0.3, 0.4) is 0 Å². The number of unbranched alkanes of at least 4 members (excludes halogenated alkanes) is 1. The van der Waals surface area contributed by atoms with Gasteiger partial charge >= 0.3 is 0 Å². The third kappa shape index (κ3) is 3.01. The molecule has 0 aliphatic rings. The van der Waals surface area contributed by atoms with Crippen molar-refractivity contribution in [1.82, 2.24) is 15.3 Å². The van der Waals surface area contributed by atoms with Gasteiger partial charge in [0, 0.05) is 18.9 Å². The van der Waals surface area contributed by atoms with Crippen LogP contribution in [0.15, 0.2) is 12.4 Å². The number of carboxylic acid groups (broad SMARTS) is 1. The van der Waals surface area contributed by atoms with Gasteiger partial charge in [-0.25, -0.2) is 4.98 Å². The molecule has 0 aliphatic carbocycles. The molecule has 1 N–H and O–H groups in total. The molecule has 0 fully saturated rings. The van der Waals surface area contributed by atoms with Gasteiger partial charge < -0.3 is 15.2 Å². The predicted molar refractivity (Wildman–Crippen MR) is 53.6 cm³/mol. The average Bonchev–Trinajstić information content (AvgIpc) is 2.29. The van der Waals surface area contributed by atoms with Crippen molar-refractivity contribution in [2.45, 2.75) is 19.8 Å². The molecule has 0 spiro atoms. The Morgan fingerprint density at radius 2 is 1.94 bits per heavy atom. The normalized spacial score (nSPS) is 9.81. The summed E-state index contributed by atoms with van der Waals surface area (Å²) < 4.78 is 0. The van der Waals surface area contributed by atoms with Crippen LogP contribution in [-0.2, 0) is 0 Å². The molecule has 1 rings (SSSR count). The summed E-state index contributed by atoms with van der Waals surface area (Å²) in [5.41, 5.74) is -0.643. The second-order valence-electron chi connectivity index (χ2n) is 3.15. The van der Waals surface area contributed by atoms with Crippen LogP contribution in [0.2, 0.25) is 0 Å². The number of nitrogens with one attached hydrogen (secondary N) is 1. The highest BCUT2D eigenvalue weighted by atomic mass is 16.4. The van der Waals surface area contributed by atoms with Crippen LogP contribution in [0.25, 0.3) is 0 Å². The predicted octanol–water partition coefficient (Wildman–Crippen LogP) is -0.630. The Labute approximate surface area is 92.7 Å². The summed E-state index contributed by atoms with van der Waals surface area (Å²) in [6.45, 7) is 2.47. The number of nitrogens with zero attached hydrogens (tertiary/aromatic N) is 2. The molecule has 1 heterocycles. The zero-order valence-electron chi connectivity index (χ0n) is 8.90. The molecule has 0 unspecified atom stereocenters. The first-order chi connectivity index (χ1) is 7.66. The minimum atomic E-state index is -1.51. The van der Waals surface area contributed by atoms with Gasteiger partial charge in [-0.15, -0.1) is 0 Å². The SMILES string of the molecule is CCCCNC(=O)c1nccnc1C(=O)[O-]. The highest BCUT2D eigenvalue weighted by Crippen LogP contribution is 2.00. The second-order valence-corrected chi connectivity index (χ2v) is 3.15. The first kappa shape index (κ1) is 12.1. The Morgan fingerprint density at radius 1 is 1.31 bits per heavy atom. The fourth-order valence-corrected chi connectivity index (χ4v) is 1.12. The topological polar surface area (TPSA) is 95.0 Å². The van der Waals surface area contributed by atoms with E-state index in [1.165, 1.54) is 12.4 Å². The van der Waals surface area contributed by atoms with E-state index in [0.717, 1.165) is 12.8 Å². The van der Waals surface area contributed by atoms with Crippen LogP contribution in [0.5, 0.6) is 0 Å². The molecule has 6 heteroatoms. The van der Waals surface area contributed by atoms with Gasteiger partial charge in [-0.2, -0.15) is 0 Å². The molecule has 6 nitrogen and oxygen atoms in total. The molecular formula is C10H12N3O3-. The second kappa shape index (κ2) is 5.79. The minimum absolute atomic E-state index is 0.210. The largest absolute Gasteiger partial charge is 0.543 e. The van der Waals surface area contributed by atoms with Gasteiger partial charge in [-0.05, 0) is 6.42 Å². The number of carbonyl (C=O) groups is 2. The molecule has 1 aromatic heterocycles. The van der Waals surface area contributed by atoms with E-state index in [9.17, 15) is 14.7 Å². The number of hydrogen-bond donors (Lipinski definition) is 1. The number of aromatic carboxylic acids is 1. The van der Waals surface area contributed by atoms with Crippen molar-refractivity contribution in [2.75, 3.05) is 6.54 Å². The van der Waals surface area contributed by atoms with Crippen molar-refractivity contribution in [2.24, 2.45) is 0 Å². The van der Waals surface area contributed by atoms with Crippen molar-refractivity contribution < 1.29 is 14.7 Å². The standard InChI is InChI=1S/C10H13N3O3/c1-2-3-4-13-9(14)7-8(10(15)16)12-6-5-11-7/h5-6H,2-4H2,1H3,(H,13,14)(H,15,16)/p-1. The maximum atomic E-state index is 11.5. The van der Waals surface area contributed by atoms with Gasteiger partial charge in [-0.1, -0.05) is 13.3 Å². The summed E-state index contributed by atoms with van der Waals surface area (Å²) in [4.78, 5) is 29.4. The summed E-state index contributed by atoms with van der Waals surface area (Å²) in [6.07, 6.45) is 4.23. The molecular weight excluding hydrogens is 210 g/mol. The van der Waals surface area contributed by atoms with Gasteiger partial charge in [0.25, 0.3) is 5.91 Å². The van der Waals surface area contributed by atoms with Crippen molar-refractivity contribution in [3.05, 3.63) is 23.8 Å². The fourth-order valence-electron chi connectivity index (χ4n) is 1.12. The van der Waals surface area contributed by atoms with Crippen LogP contribution in [0.1, 0.15) is 40.7 Å². The fraction of sp³-hybridized carbons (Fsp3) is 0.400. The van der Waals surface area contributed by atoms with Crippen molar-refractivity contribution in [1.29, 1.82) is 0 Å². The molecule has 0 saturated heterocycles. The van der Waals surface area contributed by atoms with E-state index in [2.05, 4.69) is 15.3 Å². The lowest BCUT2D eigenvalue weighted by Crippen LogP contribution is -2.32. The summed E-state index contributed by atoms with van der Waals surface area (Å²) in [5.74, 6) is -2.05. The Morgan fingerprint density at radius 3 is 2.50 bits per heavy atom.